The number of nitrogens with zero attached hydrogens (tertiary/aromatic N) is 1. The van der Waals surface area contributed by atoms with E-state index in [2.05, 4.69) is 148 Å². The Morgan fingerprint density at radius 1 is 0.520 bits per heavy atom. The lowest BCUT2D eigenvalue weighted by molar-refractivity contribution is -0.0449. The van der Waals surface area contributed by atoms with Crippen molar-refractivity contribution in [2.24, 2.45) is 23.7 Å². The molecule has 4 bridgehead atoms. The first-order valence-electron chi connectivity index (χ1n) is 19.2. The van der Waals surface area contributed by atoms with Crippen molar-refractivity contribution < 1.29 is 4.74 Å². The van der Waals surface area contributed by atoms with E-state index >= 15 is 0 Å². The molecule has 2 nitrogen and oxygen atoms in total. The van der Waals surface area contributed by atoms with Crippen LogP contribution in [0.5, 0.6) is 11.5 Å². The van der Waals surface area contributed by atoms with Crippen LogP contribution in [0.3, 0.4) is 0 Å². The molecule has 11 rings (SSSR count). The van der Waals surface area contributed by atoms with Crippen LogP contribution in [0.1, 0.15) is 94.9 Å². The van der Waals surface area contributed by atoms with E-state index in [1.165, 1.54) is 95.4 Å². The normalized spacial score (nSPS) is 27.6. The molecule has 252 valence electrons. The molecule has 50 heavy (non-hydrogen) atoms. The van der Waals surface area contributed by atoms with E-state index in [0.717, 1.165) is 23.3 Å². The number of anilines is 3. The first-order valence-corrected chi connectivity index (χ1v) is 19.2. The van der Waals surface area contributed by atoms with Gasteiger partial charge in [-0.3, -0.25) is 0 Å². The third-order valence-corrected chi connectivity index (χ3v) is 13.9. The maximum atomic E-state index is 7.02. The van der Waals surface area contributed by atoms with Crippen LogP contribution in [0.25, 0.3) is 11.1 Å². The second-order valence-electron chi connectivity index (χ2n) is 17.7. The number of benzene rings is 5. The molecule has 0 aromatic heterocycles. The maximum absolute atomic E-state index is 7.02. The van der Waals surface area contributed by atoms with Crippen molar-refractivity contribution in [3.05, 3.63) is 138 Å². The summed E-state index contributed by atoms with van der Waals surface area (Å²) >= 11 is 0. The van der Waals surface area contributed by atoms with E-state index in [0.29, 0.717) is 11.8 Å². The van der Waals surface area contributed by atoms with Gasteiger partial charge in [0, 0.05) is 33.6 Å². The highest BCUT2D eigenvalue weighted by molar-refractivity contribution is 5.81. The van der Waals surface area contributed by atoms with Crippen molar-refractivity contribution >= 4 is 17.1 Å². The quantitative estimate of drug-likeness (QED) is 0.191. The van der Waals surface area contributed by atoms with Crippen LogP contribution in [0.4, 0.5) is 17.1 Å². The highest BCUT2D eigenvalue weighted by Gasteiger charge is 2.62. The third-order valence-electron chi connectivity index (χ3n) is 13.9. The van der Waals surface area contributed by atoms with Gasteiger partial charge in [0.15, 0.2) is 0 Å². The lowest BCUT2D eigenvalue weighted by atomic mass is 9.41. The van der Waals surface area contributed by atoms with Gasteiger partial charge in [-0.05, 0) is 150 Å². The molecule has 0 N–H and O–H groups in total. The smallest absolute Gasteiger partial charge is 0.132 e. The van der Waals surface area contributed by atoms with Gasteiger partial charge in [0.05, 0.1) is 0 Å². The second-order valence-corrected chi connectivity index (χ2v) is 17.7. The van der Waals surface area contributed by atoms with E-state index in [4.69, 9.17) is 4.74 Å². The molecule has 6 aliphatic rings. The molecule has 1 heterocycles. The fourth-order valence-electron chi connectivity index (χ4n) is 11.7. The van der Waals surface area contributed by atoms with Crippen molar-refractivity contribution in [3.63, 3.8) is 0 Å². The Bertz CT molecular complexity index is 2080. The summed E-state index contributed by atoms with van der Waals surface area (Å²) in [6.45, 7) is 9.72. The fourth-order valence-corrected chi connectivity index (χ4v) is 11.7. The summed E-state index contributed by atoms with van der Waals surface area (Å²) in [5.74, 6) is 5.11. The SMILES string of the molecule is CC1(C)CCC(C)(C)c2cc(N(c3ccccc3)c3ccc4c(c3)C3(c5c(cccc5-c5ccccc5)O4)C4CC5CC(C4)CC3C5)ccc21. The fraction of sp³-hybridized carbons (Fsp3) is 0.375. The van der Waals surface area contributed by atoms with Crippen molar-refractivity contribution in [2.75, 3.05) is 4.90 Å². The molecular formula is C48H49NO. The molecule has 0 amide bonds. The summed E-state index contributed by atoms with van der Waals surface area (Å²) in [6, 6.07) is 43.5. The molecule has 5 aromatic rings. The average Bonchev–Trinajstić information content (AvgIpc) is 3.12. The van der Waals surface area contributed by atoms with Gasteiger partial charge < -0.3 is 9.64 Å². The molecular weight excluding hydrogens is 607 g/mol. The minimum atomic E-state index is -0.0665. The molecule has 5 aliphatic carbocycles. The summed E-state index contributed by atoms with van der Waals surface area (Å²) in [6.07, 6.45) is 9.18. The standard InChI is InChI=1S/C48H49NO/c1-46(2)22-23-47(3,4)41-29-37(18-20-40(41)46)49(36-14-9-6-10-15-36)38-19-21-43-42(30-38)48(34-25-31-24-32(27-34)28-35(48)26-31)45-39(16-11-17-44(45)50-43)33-12-7-5-8-13-33/h5-21,29-32,34-35H,22-28H2,1-4H3. The van der Waals surface area contributed by atoms with Gasteiger partial charge in [0.1, 0.15) is 11.5 Å². The molecule has 0 radical (unpaired) electrons. The van der Waals surface area contributed by atoms with Gasteiger partial charge in [-0.1, -0.05) is 94.4 Å². The predicted octanol–water partition coefficient (Wildman–Crippen LogP) is 13.0. The van der Waals surface area contributed by atoms with E-state index in [1.807, 2.05) is 0 Å². The summed E-state index contributed by atoms with van der Waals surface area (Å²) in [5, 5.41) is 0. The number of hydrogen-bond donors (Lipinski definition) is 0. The zero-order valence-corrected chi connectivity index (χ0v) is 30.1. The highest BCUT2D eigenvalue weighted by Crippen LogP contribution is 2.70. The highest BCUT2D eigenvalue weighted by atomic mass is 16.5. The van der Waals surface area contributed by atoms with E-state index in [-0.39, 0.29) is 16.2 Å². The Morgan fingerprint density at radius 2 is 1.12 bits per heavy atom. The largest absolute Gasteiger partial charge is 0.457 e. The molecule has 0 saturated heterocycles. The van der Waals surface area contributed by atoms with Crippen LogP contribution in [0.15, 0.2) is 115 Å². The molecule has 5 aromatic carbocycles. The molecule has 4 fully saturated rings. The topological polar surface area (TPSA) is 12.5 Å². The van der Waals surface area contributed by atoms with Crippen LogP contribution >= 0.6 is 0 Å². The molecule has 4 saturated carbocycles. The lowest BCUT2D eigenvalue weighted by Crippen LogP contribution is -2.57. The van der Waals surface area contributed by atoms with E-state index in [1.54, 1.807) is 0 Å². The zero-order chi connectivity index (χ0) is 33.8. The van der Waals surface area contributed by atoms with Gasteiger partial charge in [-0.2, -0.15) is 0 Å². The number of hydrogen-bond acceptors (Lipinski definition) is 2. The second kappa shape index (κ2) is 10.8. The number of ether oxygens (including phenoxy) is 1. The van der Waals surface area contributed by atoms with E-state index in [9.17, 15) is 0 Å². The zero-order valence-electron chi connectivity index (χ0n) is 30.1. The first kappa shape index (κ1) is 30.5. The summed E-state index contributed by atoms with van der Waals surface area (Å²) in [7, 11) is 0. The number of rotatable bonds is 4. The summed E-state index contributed by atoms with van der Waals surface area (Å²) in [4.78, 5) is 2.51. The Kier molecular flexibility index (Phi) is 6.62. The van der Waals surface area contributed by atoms with E-state index < -0.39 is 0 Å². The monoisotopic (exact) mass is 655 g/mol. The minimum absolute atomic E-state index is 0.0665. The maximum Gasteiger partial charge on any atom is 0.132 e. The summed E-state index contributed by atoms with van der Waals surface area (Å²) in [5.41, 5.74) is 12.4. The molecule has 1 spiro atoms. The van der Waals surface area contributed by atoms with Crippen LogP contribution in [0.2, 0.25) is 0 Å². The Hall–Kier alpha value is -4.30. The Balaban J connectivity index is 1.20. The number of para-hydroxylation sites is 1. The molecule has 2 heteroatoms. The Labute approximate surface area is 298 Å². The average molecular weight is 656 g/mol. The van der Waals surface area contributed by atoms with Gasteiger partial charge >= 0.3 is 0 Å². The minimum Gasteiger partial charge on any atom is -0.457 e. The van der Waals surface area contributed by atoms with Crippen LogP contribution < -0.4 is 9.64 Å². The predicted molar refractivity (Wildman–Crippen MR) is 206 cm³/mol. The van der Waals surface area contributed by atoms with Crippen molar-refractivity contribution in [3.8, 4) is 22.6 Å². The number of fused-ring (bicyclic) bond motifs is 3. The van der Waals surface area contributed by atoms with Crippen molar-refractivity contribution in [1.29, 1.82) is 0 Å². The Morgan fingerprint density at radius 3 is 1.80 bits per heavy atom. The van der Waals surface area contributed by atoms with Gasteiger partial charge in [0.25, 0.3) is 0 Å². The van der Waals surface area contributed by atoms with Gasteiger partial charge in [-0.25, -0.2) is 0 Å². The van der Waals surface area contributed by atoms with Crippen LogP contribution in [-0.4, -0.2) is 0 Å². The first-order chi connectivity index (χ1) is 24.2. The van der Waals surface area contributed by atoms with Crippen molar-refractivity contribution in [1.82, 2.24) is 0 Å². The summed E-state index contributed by atoms with van der Waals surface area (Å²) < 4.78 is 7.02. The van der Waals surface area contributed by atoms with Crippen LogP contribution in [0, 0.1) is 23.7 Å². The van der Waals surface area contributed by atoms with Gasteiger partial charge in [0.2, 0.25) is 0 Å². The van der Waals surface area contributed by atoms with Gasteiger partial charge in [-0.15, -0.1) is 0 Å². The lowest BCUT2D eigenvalue weighted by Gasteiger charge is -2.63. The molecule has 1 aliphatic heterocycles. The molecule has 0 atom stereocenters. The third kappa shape index (κ3) is 4.39. The van der Waals surface area contributed by atoms with Crippen LogP contribution in [-0.2, 0) is 16.2 Å². The molecule has 0 unspecified atom stereocenters. The van der Waals surface area contributed by atoms with Crippen molar-refractivity contribution in [2.45, 2.75) is 88.9 Å².